The molecule has 0 radical (unpaired) electrons. The molecule has 0 saturated heterocycles. The number of hydrogen-bond acceptors (Lipinski definition) is 3. The van der Waals surface area contributed by atoms with Gasteiger partial charge in [-0.2, -0.15) is 0 Å². The quantitative estimate of drug-likeness (QED) is 0.547. The van der Waals surface area contributed by atoms with Crippen LogP contribution < -0.4 is 10.5 Å². The lowest BCUT2D eigenvalue weighted by atomic mass is 10.2. The average molecular weight is 207 g/mol. The number of nitrogens with two attached hydrogens (primary N) is 1. The third-order valence-corrected chi connectivity index (χ3v) is 1.87. The Morgan fingerprint density at radius 1 is 1.33 bits per heavy atom. The number of ether oxygens (including phenoxy) is 2. The molecule has 0 aliphatic heterocycles. The van der Waals surface area contributed by atoms with Crippen molar-refractivity contribution in [2.75, 3.05) is 19.8 Å². The standard InChI is InChI=1S/C12H17NO2/c1-2-6-14-7-8-15-12-5-3-4-11(9-12)10-13/h2-5,9H,1,6-8,10,13H2. The van der Waals surface area contributed by atoms with E-state index in [-0.39, 0.29) is 0 Å². The molecule has 0 spiro atoms. The monoisotopic (exact) mass is 207 g/mol. The van der Waals surface area contributed by atoms with Crippen molar-refractivity contribution in [2.24, 2.45) is 5.73 Å². The van der Waals surface area contributed by atoms with Gasteiger partial charge in [0.15, 0.2) is 0 Å². The van der Waals surface area contributed by atoms with Crippen molar-refractivity contribution in [1.29, 1.82) is 0 Å². The first kappa shape index (κ1) is 11.8. The number of rotatable bonds is 7. The summed E-state index contributed by atoms with van der Waals surface area (Å²) < 4.78 is 10.7. The van der Waals surface area contributed by atoms with Gasteiger partial charge < -0.3 is 15.2 Å². The van der Waals surface area contributed by atoms with E-state index in [1.54, 1.807) is 6.08 Å². The summed E-state index contributed by atoms with van der Waals surface area (Å²) in [6, 6.07) is 7.75. The van der Waals surface area contributed by atoms with E-state index in [2.05, 4.69) is 6.58 Å². The Balaban J connectivity index is 2.27. The fourth-order valence-electron chi connectivity index (χ4n) is 1.15. The Hall–Kier alpha value is -1.32. The normalized spacial score (nSPS) is 9.93. The fraction of sp³-hybridized carbons (Fsp3) is 0.333. The van der Waals surface area contributed by atoms with E-state index >= 15 is 0 Å². The van der Waals surface area contributed by atoms with E-state index in [4.69, 9.17) is 15.2 Å². The molecule has 82 valence electrons. The summed E-state index contributed by atoms with van der Waals surface area (Å²) in [7, 11) is 0. The topological polar surface area (TPSA) is 44.5 Å². The first-order valence-electron chi connectivity index (χ1n) is 4.97. The van der Waals surface area contributed by atoms with Crippen molar-refractivity contribution in [3.8, 4) is 5.75 Å². The molecular weight excluding hydrogens is 190 g/mol. The van der Waals surface area contributed by atoms with Crippen LogP contribution in [0.1, 0.15) is 5.56 Å². The number of benzene rings is 1. The highest BCUT2D eigenvalue weighted by atomic mass is 16.5. The minimum absolute atomic E-state index is 0.532. The summed E-state index contributed by atoms with van der Waals surface area (Å²) in [6.07, 6.45) is 1.72. The summed E-state index contributed by atoms with van der Waals surface area (Å²) in [5, 5.41) is 0. The zero-order chi connectivity index (χ0) is 10.9. The molecule has 0 saturated carbocycles. The number of hydrogen-bond donors (Lipinski definition) is 1. The molecule has 0 aromatic heterocycles. The molecule has 0 unspecified atom stereocenters. The highest BCUT2D eigenvalue weighted by molar-refractivity contribution is 5.28. The van der Waals surface area contributed by atoms with E-state index in [0.717, 1.165) is 11.3 Å². The van der Waals surface area contributed by atoms with Gasteiger partial charge in [-0.15, -0.1) is 6.58 Å². The van der Waals surface area contributed by atoms with Crippen LogP contribution in [-0.2, 0) is 11.3 Å². The molecule has 0 aliphatic carbocycles. The third kappa shape index (κ3) is 4.63. The minimum atomic E-state index is 0.532. The Bertz CT molecular complexity index is 299. The zero-order valence-corrected chi connectivity index (χ0v) is 8.82. The van der Waals surface area contributed by atoms with Crippen LogP contribution in [0.4, 0.5) is 0 Å². The van der Waals surface area contributed by atoms with Crippen molar-refractivity contribution in [2.45, 2.75) is 6.54 Å². The molecule has 3 nitrogen and oxygen atoms in total. The van der Waals surface area contributed by atoms with Crippen LogP contribution in [0.25, 0.3) is 0 Å². The molecule has 3 heteroatoms. The van der Waals surface area contributed by atoms with Crippen molar-refractivity contribution in [3.63, 3.8) is 0 Å². The maximum absolute atomic E-state index is 5.52. The van der Waals surface area contributed by atoms with E-state index < -0.39 is 0 Å². The van der Waals surface area contributed by atoms with Crippen LogP contribution in [0, 0.1) is 0 Å². The average Bonchev–Trinajstić information content (AvgIpc) is 2.29. The molecule has 0 atom stereocenters. The maximum atomic E-state index is 5.52. The molecule has 1 aromatic rings. The second-order valence-electron chi connectivity index (χ2n) is 3.06. The second kappa shape index (κ2) is 7.04. The maximum Gasteiger partial charge on any atom is 0.119 e. The van der Waals surface area contributed by atoms with Crippen LogP contribution >= 0.6 is 0 Å². The second-order valence-corrected chi connectivity index (χ2v) is 3.06. The zero-order valence-electron chi connectivity index (χ0n) is 8.82. The van der Waals surface area contributed by atoms with Crippen LogP contribution in [0.15, 0.2) is 36.9 Å². The predicted molar refractivity (Wildman–Crippen MR) is 60.8 cm³/mol. The minimum Gasteiger partial charge on any atom is -0.491 e. The van der Waals surface area contributed by atoms with Crippen LogP contribution in [0.5, 0.6) is 5.75 Å². The van der Waals surface area contributed by atoms with Gasteiger partial charge in [-0.05, 0) is 17.7 Å². The molecule has 0 bridgehead atoms. The molecule has 1 rings (SSSR count). The first-order valence-corrected chi connectivity index (χ1v) is 4.97. The van der Waals surface area contributed by atoms with Gasteiger partial charge in [0, 0.05) is 6.54 Å². The molecule has 1 aromatic carbocycles. The molecule has 0 heterocycles. The molecular formula is C12H17NO2. The van der Waals surface area contributed by atoms with E-state index in [0.29, 0.717) is 26.4 Å². The van der Waals surface area contributed by atoms with Gasteiger partial charge >= 0.3 is 0 Å². The van der Waals surface area contributed by atoms with E-state index in [1.807, 2.05) is 24.3 Å². The smallest absolute Gasteiger partial charge is 0.119 e. The van der Waals surface area contributed by atoms with Gasteiger partial charge in [0.05, 0.1) is 13.2 Å². The Morgan fingerprint density at radius 2 is 2.20 bits per heavy atom. The lowest BCUT2D eigenvalue weighted by Crippen LogP contribution is -2.07. The first-order chi connectivity index (χ1) is 7.36. The molecule has 0 aliphatic rings. The lowest BCUT2D eigenvalue weighted by molar-refractivity contribution is 0.121. The largest absolute Gasteiger partial charge is 0.491 e. The van der Waals surface area contributed by atoms with E-state index in [1.165, 1.54) is 0 Å². The molecule has 0 fully saturated rings. The van der Waals surface area contributed by atoms with Gasteiger partial charge in [0.25, 0.3) is 0 Å². The fourth-order valence-corrected chi connectivity index (χ4v) is 1.15. The molecule has 2 N–H and O–H groups in total. The van der Waals surface area contributed by atoms with Crippen molar-refractivity contribution >= 4 is 0 Å². The highest BCUT2D eigenvalue weighted by Crippen LogP contribution is 2.12. The summed E-state index contributed by atoms with van der Waals surface area (Å²) >= 11 is 0. The molecule has 0 amide bonds. The van der Waals surface area contributed by atoms with Crippen molar-refractivity contribution < 1.29 is 9.47 Å². The highest BCUT2D eigenvalue weighted by Gasteiger charge is 1.95. The Morgan fingerprint density at radius 3 is 2.93 bits per heavy atom. The summed E-state index contributed by atoms with van der Waals surface area (Å²) in [5.74, 6) is 0.833. The van der Waals surface area contributed by atoms with Crippen LogP contribution in [-0.4, -0.2) is 19.8 Å². The third-order valence-electron chi connectivity index (χ3n) is 1.87. The molecule has 15 heavy (non-hydrogen) atoms. The Kier molecular flexibility index (Phi) is 5.51. The van der Waals surface area contributed by atoms with Crippen LogP contribution in [0.2, 0.25) is 0 Å². The van der Waals surface area contributed by atoms with E-state index in [9.17, 15) is 0 Å². The van der Waals surface area contributed by atoms with Crippen LogP contribution in [0.3, 0.4) is 0 Å². The predicted octanol–water partition coefficient (Wildman–Crippen LogP) is 1.73. The van der Waals surface area contributed by atoms with Gasteiger partial charge in [0.2, 0.25) is 0 Å². The SMILES string of the molecule is C=CCOCCOc1cccc(CN)c1. The van der Waals surface area contributed by atoms with Gasteiger partial charge in [-0.25, -0.2) is 0 Å². The Labute approximate surface area is 90.5 Å². The summed E-state index contributed by atoms with van der Waals surface area (Å²) in [6.45, 7) is 5.76. The van der Waals surface area contributed by atoms with Gasteiger partial charge in [-0.3, -0.25) is 0 Å². The van der Waals surface area contributed by atoms with Crippen molar-refractivity contribution in [1.82, 2.24) is 0 Å². The summed E-state index contributed by atoms with van der Waals surface area (Å²) in [4.78, 5) is 0. The summed E-state index contributed by atoms with van der Waals surface area (Å²) in [5.41, 5.74) is 6.59. The van der Waals surface area contributed by atoms with Gasteiger partial charge in [0.1, 0.15) is 12.4 Å². The van der Waals surface area contributed by atoms with Crippen molar-refractivity contribution in [3.05, 3.63) is 42.5 Å². The van der Waals surface area contributed by atoms with Gasteiger partial charge in [-0.1, -0.05) is 18.2 Å². The lowest BCUT2D eigenvalue weighted by Gasteiger charge is -2.07.